The molecule has 2 rings (SSSR count). The van der Waals surface area contributed by atoms with Crippen LogP contribution in [-0.2, 0) is 9.53 Å². The zero-order chi connectivity index (χ0) is 23.4. The minimum absolute atomic E-state index is 0.0522. The molecule has 10 heteroatoms. The molecule has 0 aliphatic heterocycles. The Morgan fingerprint density at radius 3 is 2.26 bits per heavy atom. The third-order valence-electron chi connectivity index (χ3n) is 4.36. The Labute approximate surface area is 178 Å². The molecule has 1 aromatic heterocycles. The maximum atomic E-state index is 13.3. The summed E-state index contributed by atoms with van der Waals surface area (Å²) in [5.41, 5.74) is 9.49. The minimum atomic E-state index is -4.72. The van der Waals surface area contributed by atoms with Gasteiger partial charge < -0.3 is 15.3 Å². The number of nitrogens with one attached hydrogen (secondary N) is 1. The Hall–Kier alpha value is -3.30. The number of nitrogens with two attached hydrogens (primary N) is 1. The van der Waals surface area contributed by atoms with E-state index in [9.17, 15) is 22.8 Å². The molecule has 0 spiro atoms. The van der Waals surface area contributed by atoms with E-state index in [1.165, 1.54) is 6.07 Å². The number of pyridine rings is 1. The molecule has 2 unspecified atom stereocenters. The van der Waals surface area contributed by atoms with Gasteiger partial charge in [-0.15, -0.1) is 0 Å². The molecule has 0 aliphatic carbocycles. The van der Waals surface area contributed by atoms with Gasteiger partial charge in [0, 0.05) is 12.4 Å². The molecule has 1 heterocycles. The molecule has 1 amide bonds. The summed E-state index contributed by atoms with van der Waals surface area (Å²) in [6.45, 7) is 5.49. The molecule has 0 radical (unpaired) electrons. The van der Waals surface area contributed by atoms with E-state index in [2.05, 4.69) is 10.4 Å². The highest BCUT2D eigenvalue weighted by molar-refractivity contribution is 5.80. The van der Waals surface area contributed by atoms with Crippen molar-refractivity contribution in [2.75, 3.05) is 11.2 Å². The highest BCUT2D eigenvalue weighted by atomic mass is 19.4. The van der Waals surface area contributed by atoms with E-state index < -0.39 is 29.8 Å². The first-order valence-electron chi connectivity index (χ1n) is 9.44. The molecule has 31 heavy (non-hydrogen) atoms. The van der Waals surface area contributed by atoms with E-state index in [0.29, 0.717) is 5.01 Å². The van der Waals surface area contributed by atoms with Gasteiger partial charge in [-0.25, -0.2) is 9.80 Å². The van der Waals surface area contributed by atoms with E-state index in [0.717, 1.165) is 18.1 Å². The number of benzene rings is 1. The normalized spacial score (nSPS) is 13.8. The summed E-state index contributed by atoms with van der Waals surface area (Å²) < 4.78 is 45.1. The Bertz CT molecular complexity index is 914. The van der Waals surface area contributed by atoms with Crippen molar-refractivity contribution in [1.29, 1.82) is 0 Å². The molecule has 3 N–H and O–H groups in total. The predicted molar refractivity (Wildman–Crippen MR) is 111 cm³/mol. The first kappa shape index (κ1) is 24.0. The van der Waals surface area contributed by atoms with Crippen molar-refractivity contribution in [3.63, 3.8) is 0 Å². The van der Waals surface area contributed by atoms with E-state index in [1.807, 2.05) is 0 Å². The number of alkyl halides is 3. The van der Waals surface area contributed by atoms with Gasteiger partial charge in [0.05, 0.1) is 17.3 Å². The van der Waals surface area contributed by atoms with Crippen molar-refractivity contribution >= 4 is 23.8 Å². The minimum Gasteiger partial charge on any atom is -0.442 e. The summed E-state index contributed by atoms with van der Waals surface area (Å²) >= 11 is 0. The number of hydrogen-bond donors (Lipinski definition) is 2. The predicted octanol–water partition coefficient (Wildman–Crippen LogP) is 4.66. The van der Waals surface area contributed by atoms with Crippen molar-refractivity contribution < 1.29 is 27.5 Å². The summed E-state index contributed by atoms with van der Waals surface area (Å²) in [4.78, 5) is 28.2. The van der Waals surface area contributed by atoms with Crippen LogP contribution in [-0.4, -0.2) is 40.2 Å². The van der Waals surface area contributed by atoms with Crippen LogP contribution in [0.15, 0.2) is 42.7 Å². The number of aromatic nitrogens is 1. The van der Waals surface area contributed by atoms with Gasteiger partial charge in [-0.2, -0.15) is 13.2 Å². The van der Waals surface area contributed by atoms with Crippen LogP contribution in [0.2, 0.25) is 0 Å². The van der Waals surface area contributed by atoms with Crippen molar-refractivity contribution in [1.82, 2.24) is 9.99 Å². The van der Waals surface area contributed by atoms with Crippen LogP contribution in [0.3, 0.4) is 0 Å². The van der Waals surface area contributed by atoms with Crippen molar-refractivity contribution in [2.45, 2.75) is 45.5 Å². The molecule has 1 aromatic carbocycles. The smallest absolute Gasteiger partial charge is 0.429 e. The van der Waals surface area contributed by atoms with Gasteiger partial charge in [0.25, 0.3) is 0 Å². The van der Waals surface area contributed by atoms with E-state index in [-0.39, 0.29) is 17.7 Å². The number of nitrogens with zero attached hydrogens (tertiary/aromatic N) is 2. The Kier molecular flexibility index (Phi) is 7.14. The maximum Gasteiger partial charge on any atom is 0.429 e. The standard InChI is InChI=1S/C21H25F3N4O3/c1-13(21(22,23)24)18(12-29)28(19(30)31-20(2,3)4)27-17-6-5-15(11-16(17)25)14-7-9-26-10-8-14/h5-13,18,27H,25H2,1-4H3. The summed E-state index contributed by atoms with van der Waals surface area (Å²) in [6, 6.07) is 6.42. The fourth-order valence-corrected chi connectivity index (χ4v) is 2.67. The van der Waals surface area contributed by atoms with E-state index >= 15 is 0 Å². The molecule has 2 aromatic rings. The van der Waals surface area contributed by atoms with Gasteiger partial charge in [-0.3, -0.25) is 10.4 Å². The maximum absolute atomic E-state index is 13.3. The average Bonchev–Trinajstić information content (AvgIpc) is 2.67. The fourth-order valence-electron chi connectivity index (χ4n) is 2.67. The van der Waals surface area contributed by atoms with Crippen LogP contribution in [0.5, 0.6) is 0 Å². The second-order valence-electron chi connectivity index (χ2n) is 7.96. The highest BCUT2D eigenvalue weighted by Gasteiger charge is 2.46. The molecule has 0 fully saturated rings. The number of hydrogen-bond acceptors (Lipinski definition) is 6. The number of carbonyl (C=O) groups excluding carboxylic acids is 2. The zero-order valence-electron chi connectivity index (χ0n) is 17.6. The lowest BCUT2D eigenvalue weighted by Gasteiger charge is -2.35. The molecule has 2 atom stereocenters. The summed E-state index contributed by atoms with van der Waals surface area (Å²) in [5.74, 6) is -2.15. The van der Waals surface area contributed by atoms with Crippen LogP contribution in [0, 0.1) is 5.92 Å². The third-order valence-corrected chi connectivity index (χ3v) is 4.36. The number of rotatable bonds is 6. The lowest BCUT2D eigenvalue weighted by molar-refractivity contribution is -0.183. The Morgan fingerprint density at radius 2 is 1.77 bits per heavy atom. The molecule has 0 saturated carbocycles. The lowest BCUT2D eigenvalue weighted by Crippen LogP contribution is -2.53. The van der Waals surface area contributed by atoms with Crippen molar-refractivity contribution in [3.05, 3.63) is 42.7 Å². The largest absolute Gasteiger partial charge is 0.442 e. The lowest BCUT2D eigenvalue weighted by atomic mass is 10.0. The van der Waals surface area contributed by atoms with Crippen LogP contribution >= 0.6 is 0 Å². The van der Waals surface area contributed by atoms with Crippen LogP contribution in [0.1, 0.15) is 27.7 Å². The molecule has 0 bridgehead atoms. The molecule has 0 aliphatic rings. The number of hydrazine groups is 1. The molecular formula is C21H25F3N4O3. The summed E-state index contributed by atoms with van der Waals surface area (Å²) in [7, 11) is 0. The first-order chi connectivity index (χ1) is 14.3. The van der Waals surface area contributed by atoms with Gasteiger partial charge >= 0.3 is 12.3 Å². The van der Waals surface area contributed by atoms with Crippen LogP contribution in [0.4, 0.5) is 29.3 Å². The molecule has 7 nitrogen and oxygen atoms in total. The van der Waals surface area contributed by atoms with Gasteiger partial charge in [-0.1, -0.05) is 13.0 Å². The van der Waals surface area contributed by atoms with Gasteiger partial charge in [0.15, 0.2) is 0 Å². The Morgan fingerprint density at radius 1 is 1.16 bits per heavy atom. The number of ether oxygens (including phenoxy) is 1. The summed E-state index contributed by atoms with van der Waals surface area (Å²) in [6.07, 6.45) is -2.59. The number of anilines is 2. The van der Waals surface area contributed by atoms with Crippen LogP contribution in [0.25, 0.3) is 11.1 Å². The van der Waals surface area contributed by atoms with Gasteiger partial charge in [0.2, 0.25) is 0 Å². The number of nitrogen functional groups attached to an aromatic ring is 1. The van der Waals surface area contributed by atoms with E-state index in [1.54, 1.807) is 57.4 Å². The van der Waals surface area contributed by atoms with E-state index in [4.69, 9.17) is 10.5 Å². The topological polar surface area (TPSA) is 97.5 Å². The van der Waals surface area contributed by atoms with Crippen LogP contribution < -0.4 is 11.2 Å². The first-order valence-corrected chi connectivity index (χ1v) is 9.44. The van der Waals surface area contributed by atoms with Gasteiger partial charge in [0.1, 0.15) is 17.9 Å². The van der Waals surface area contributed by atoms with Gasteiger partial charge in [-0.05, 0) is 56.2 Å². The monoisotopic (exact) mass is 438 g/mol. The summed E-state index contributed by atoms with van der Waals surface area (Å²) in [5, 5.41) is 0.522. The Balaban J connectivity index is 2.40. The molecule has 168 valence electrons. The number of carbonyl (C=O) groups is 2. The second kappa shape index (κ2) is 9.23. The fraction of sp³-hybridized carbons (Fsp3) is 0.381. The highest BCUT2D eigenvalue weighted by Crippen LogP contribution is 2.32. The average molecular weight is 438 g/mol. The molecular weight excluding hydrogens is 413 g/mol. The van der Waals surface area contributed by atoms with Crippen molar-refractivity contribution in [3.8, 4) is 11.1 Å². The SMILES string of the molecule is CC(C(C=O)N(Nc1ccc(-c2ccncc2)cc1N)C(=O)OC(C)(C)C)C(F)(F)F. The zero-order valence-corrected chi connectivity index (χ0v) is 17.6. The number of aldehydes is 1. The number of halogens is 3. The second-order valence-corrected chi connectivity index (χ2v) is 7.96. The third kappa shape index (κ3) is 6.34. The quantitative estimate of drug-likeness (QED) is 0.387. The molecule has 0 saturated heterocycles. The number of amides is 1. The van der Waals surface area contributed by atoms with Crippen molar-refractivity contribution in [2.24, 2.45) is 5.92 Å².